The van der Waals surface area contributed by atoms with E-state index in [1.807, 2.05) is 36.5 Å². The SMILES string of the molecule is O=C(NCC1CCN(Cc2ccccn2)CC1)c1cc2ccccc2oc1=O. The number of hydrogen-bond acceptors (Lipinski definition) is 5. The molecule has 6 nitrogen and oxygen atoms in total. The van der Waals surface area contributed by atoms with Crippen molar-refractivity contribution in [2.45, 2.75) is 19.4 Å². The van der Waals surface area contributed by atoms with Gasteiger partial charge in [0.1, 0.15) is 11.1 Å². The van der Waals surface area contributed by atoms with E-state index < -0.39 is 5.63 Å². The van der Waals surface area contributed by atoms with E-state index in [-0.39, 0.29) is 11.5 Å². The number of amides is 1. The van der Waals surface area contributed by atoms with Gasteiger partial charge in [0, 0.05) is 24.7 Å². The van der Waals surface area contributed by atoms with Gasteiger partial charge in [0.2, 0.25) is 0 Å². The third kappa shape index (κ3) is 4.28. The number of nitrogens with zero attached hydrogens (tertiary/aromatic N) is 2. The molecule has 144 valence electrons. The van der Waals surface area contributed by atoms with Crippen molar-refractivity contribution in [1.29, 1.82) is 0 Å². The molecule has 0 atom stereocenters. The second-order valence-electron chi connectivity index (χ2n) is 7.24. The number of carbonyl (C=O) groups excluding carboxylic acids is 1. The van der Waals surface area contributed by atoms with Crippen molar-refractivity contribution in [2.24, 2.45) is 5.92 Å². The highest BCUT2D eigenvalue weighted by Gasteiger charge is 2.21. The maximum absolute atomic E-state index is 12.5. The lowest BCUT2D eigenvalue weighted by atomic mass is 9.96. The molecule has 0 unspecified atom stereocenters. The number of para-hydroxylation sites is 1. The van der Waals surface area contributed by atoms with Crippen LogP contribution >= 0.6 is 0 Å². The van der Waals surface area contributed by atoms with Crippen LogP contribution < -0.4 is 10.9 Å². The van der Waals surface area contributed by atoms with E-state index in [1.165, 1.54) is 0 Å². The molecule has 0 aliphatic carbocycles. The highest BCUT2D eigenvalue weighted by molar-refractivity contribution is 5.96. The summed E-state index contributed by atoms with van der Waals surface area (Å²) in [6, 6.07) is 14.8. The van der Waals surface area contributed by atoms with E-state index in [0.717, 1.165) is 43.6 Å². The Morgan fingerprint density at radius 3 is 2.71 bits per heavy atom. The number of aromatic nitrogens is 1. The standard InChI is InChI=1S/C22H23N3O3/c26-21(19-13-17-5-1-2-7-20(17)28-22(19)27)24-14-16-8-11-25(12-9-16)15-18-6-3-4-10-23-18/h1-7,10,13,16H,8-9,11-12,14-15H2,(H,24,26). The van der Waals surface area contributed by atoms with Crippen LogP contribution in [0.1, 0.15) is 28.9 Å². The predicted molar refractivity (Wildman–Crippen MR) is 107 cm³/mol. The zero-order valence-corrected chi connectivity index (χ0v) is 15.6. The largest absolute Gasteiger partial charge is 0.422 e. The van der Waals surface area contributed by atoms with Gasteiger partial charge in [-0.2, -0.15) is 0 Å². The van der Waals surface area contributed by atoms with E-state index in [2.05, 4.69) is 15.2 Å². The van der Waals surface area contributed by atoms with Crippen molar-refractivity contribution in [1.82, 2.24) is 15.2 Å². The number of likely N-dealkylation sites (tertiary alicyclic amines) is 1. The Bertz CT molecular complexity index is 1010. The van der Waals surface area contributed by atoms with Crippen molar-refractivity contribution >= 4 is 16.9 Å². The van der Waals surface area contributed by atoms with Gasteiger partial charge >= 0.3 is 5.63 Å². The molecular weight excluding hydrogens is 354 g/mol. The quantitative estimate of drug-likeness (QED) is 0.692. The molecule has 1 fully saturated rings. The highest BCUT2D eigenvalue weighted by atomic mass is 16.4. The van der Waals surface area contributed by atoms with Gasteiger partial charge in [-0.05, 0) is 56.1 Å². The highest BCUT2D eigenvalue weighted by Crippen LogP contribution is 2.18. The number of piperidine rings is 1. The number of hydrogen-bond donors (Lipinski definition) is 1. The van der Waals surface area contributed by atoms with E-state index in [0.29, 0.717) is 18.0 Å². The normalized spacial score (nSPS) is 15.6. The summed E-state index contributed by atoms with van der Waals surface area (Å²) in [4.78, 5) is 31.3. The molecule has 6 heteroatoms. The van der Waals surface area contributed by atoms with Crippen molar-refractivity contribution < 1.29 is 9.21 Å². The molecule has 1 saturated heterocycles. The Kier molecular flexibility index (Phi) is 5.48. The van der Waals surface area contributed by atoms with Gasteiger partial charge in [0.05, 0.1) is 5.69 Å². The Labute approximate surface area is 163 Å². The molecule has 0 radical (unpaired) electrons. The zero-order valence-electron chi connectivity index (χ0n) is 15.6. The molecule has 1 amide bonds. The summed E-state index contributed by atoms with van der Waals surface area (Å²) in [5.74, 6) is 0.0480. The van der Waals surface area contributed by atoms with Crippen LogP contribution in [0.25, 0.3) is 11.0 Å². The first-order chi connectivity index (χ1) is 13.7. The summed E-state index contributed by atoms with van der Waals surface area (Å²) in [5, 5.41) is 3.65. The number of nitrogens with one attached hydrogen (secondary N) is 1. The van der Waals surface area contributed by atoms with Gasteiger partial charge in [-0.1, -0.05) is 24.3 Å². The number of carbonyl (C=O) groups is 1. The minimum atomic E-state index is -0.596. The first kappa shape index (κ1) is 18.4. The molecule has 0 bridgehead atoms. The van der Waals surface area contributed by atoms with Crippen LogP contribution in [-0.4, -0.2) is 35.4 Å². The fraction of sp³-hybridized carbons (Fsp3) is 0.318. The fourth-order valence-electron chi connectivity index (χ4n) is 3.62. The summed E-state index contributed by atoms with van der Waals surface area (Å²) >= 11 is 0. The topological polar surface area (TPSA) is 75.4 Å². The van der Waals surface area contributed by atoms with Crippen LogP contribution in [0.15, 0.2) is 63.9 Å². The maximum atomic E-state index is 12.5. The van der Waals surface area contributed by atoms with Crippen LogP contribution in [0.4, 0.5) is 0 Å². The van der Waals surface area contributed by atoms with Crippen molar-refractivity contribution in [2.75, 3.05) is 19.6 Å². The molecule has 2 aromatic heterocycles. The van der Waals surface area contributed by atoms with Gasteiger partial charge < -0.3 is 9.73 Å². The Balaban J connectivity index is 1.30. The summed E-state index contributed by atoms with van der Waals surface area (Å²) in [7, 11) is 0. The van der Waals surface area contributed by atoms with Crippen LogP contribution in [0.2, 0.25) is 0 Å². The number of fused-ring (bicyclic) bond motifs is 1. The molecule has 0 saturated carbocycles. The lowest BCUT2D eigenvalue weighted by molar-refractivity contribution is 0.0931. The molecule has 0 spiro atoms. The average Bonchev–Trinajstić information content (AvgIpc) is 2.73. The van der Waals surface area contributed by atoms with Crippen molar-refractivity contribution in [3.63, 3.8) is 0 Å². The van der Waals surface area contributed by atoms with Gasteiger partial charge in [0.25, 0.3) is 5.91 Å². The minimum absolute atomic E-state index is 0.0614. The van der Waals surface area contributed by atoms with Gasteiger partial charge in [-0.15, -0.1) is 0 Å². The Morgan fingerprint density at radius 1 is 1.14 bits per heavy atom. The molecule has 1 N–H and O–H groups in total. The molecule has 28 heavy (non-hydrogen) atoms. The van der Waals surface area contributed by atoms with Crippen molar-refractivity contribution in [3.05, 3.63) is 76.4 Å². The molecule has 3 aromatic rings. The second-order valence-corrected chi connectivity index (χ2v) is 7.24. The Morgan fingerprint density at radius 2 is 1.93 bits per heavy atom. The molecule has 3 heterocycles. The molecular formula is C22H23N3O3. The third-order valence-corrected chi connectivity index (χ3v) is 5.26. The summed E-state index contributed by atoms with van der Waals surface area (Å²) < 4.78 is 5.25. The molecule has 4 rings (SSSR count). The van der Waals surface area contributed by atoms with E-state index >= 15 is 0 Å². The average molecular weight is 377 g/mol. The predicted octanol–water partition coefficient (Wildman–Crippen LogP) is 2.83. The summed E-state index contributed by atoms with van der Waals surface area (Å²) in [5.41, 5.74) is 1.04. The van der Waals surface area contributed by atoms with Crippen LogP contribution in [0.3, 0.4) is 0 Å². The number of rotatable bonds is 5. The summed E-state index contributed by atoms with van der Waals surface area (Å²) in [6.07, 6.45) is 3.85. The van der Waals surface area contributed by atoms with E-state index in [1.54, 1.807) is 18.2 Å². The first-order valence-electron chi connectivity index (χ1n) is 9.62. The Hall–Kier alpha value is -2.99. The lowest BCUT2D eigenvalue weighted by Gasteiger charge is -2.31. The van der Waals surface area contributed by atoms with Crippen LogP contribution in [-0.2, 0) is 6.54 Å². The second kappa shape index (κ2) is 8.35. The minimum Gasteiger partial charge on any atom is -0.422 e. The van der Waals surface area contributed by atoms with Crippen LogP contribution in [0, 0.1) is 5.92 Å². The molecule has 1 aliphatic heterocycles. The lowest BCUT2D eigenvalue weighted by Crippen LogP contribution is -2.39. The monoisotopic (exact) mass is 377 g/mol. The van der Waals surface area contributed by atoms with Gasteiger partial charge in [-0.25, -0.2) is 4.79 Å². The first-order valence-corrected chi connectivity index (χ1v) is 9.62. The number of pyridine rings is 1. The maximum Gasteiger partial charge on any atom is 0.349 e. The summed E-state index contributed by atoms with van der Waals surface area (Å²) in [6.45, 7) is 3.39. The van der Waals surface area contributed by atoms with E-state index in [4.69, 9.17) is 4.42 Å². The number of benzene rings is 1. The van der Waals surface area contributed by atoms with Crippen molar-refractivity contribution in [3.8, 4) is 0 Å². The molecule has 1 aliphatic rings. The third-order valence-electron chi connectivity index (χ3n) is 5.26. The van der Waals surface area contributed by atoms with Gasteiger partial charge in [0.15, 0.2) is 0 Å². The van der Waals surface area contributed by atoms with Gasteiger partial charge in [-0.3, -0.25) is 14.7 Å². The molecule has 1 aromatic carbocycles. The smallest absolute Gasteiger partial charge is 0.349 e. The van der Waals surface area contributed by atoms with Crippen LogP contribution in [0.5, 0.6) is 0 Å². The zero-order chi connectivity index (χ0) is 19.3. The van der Waals surface area contributed by atoms with E-state index in [9.17, 15) is 9.59 Å². The fourth-order valence-corrected chi connectivity index (χ4v) is 3.62.